The van der Waals surface area contributed by atoms with Gasteiger partial charge in [-0.1, -0.05) is 0 Å². The van der Waals surface area contributed by atoms with E-state index in [2.05, 4.69) is 5.32 Å². The Morgan fingerprint density at radius 2 is 2.11 bits per heavy atom. The van der Waals surface area contributed by atoms with Gasteiger partial charge in [0.25, 0.3) is 5.91 Å². The smallest absolute Gasteiger partial charge is 0.335 e. The molecular formula is C14H17NO4. The van der Waals surface area contributed by atoms with Gasteiger partial charge in [-0.3, -0.25) is 4.79 Å². The van der Waals surface area contributed by atoms with E-state index in [0.29, 0.717) is 24.6 Å². The Labute approximate surface area is 111 Å². The van der Waals surface area contributed by atoms with Gasteiger partial charge in [0, 0.05) is 24.6 Å². The highest BCUT2D eigenvalue weighted by atomic mass is 16.5. The van der Waals surface area contributed by atoms with Gasteiger partial charge in [0.15, 0.2) is 0 Å². The number of hydrogen-bond acceptors (Lipinski definition) is 3. The third kappa shape index (κ3) is 3.54. The van der Waals surface area contributed by atoms with E-state index in [1.54, 1.807) is 19.1 Å². The molecule has 1 unspecified atom stereocenters. The number of rotatable bonds is 4. The Bertz CT molecular complexity index is 492. The summed E-state index contributed by atoms with van der Waals surface area (Å²) in [6.07, 6.45) is 0.953. The summed E-state index contributed by atoms with van der Waals surface area (Å²) in [6, 6.07) is 4.63. The molecular weight excluding hydrogens is 246 g/mol. The molecule has 0 bridgehead atoms. The van der Waals surface area contributed by atoms with E-state index in [-0.39, 0.29) is 11.5 Å². The van der Waals surface area contributed by atoms with E-state index in [9.17, 15) is 9.59 Å². The zero-order chi connectivity index (χ0) is 13.8. The largest absolute Gasteiger partial charge is 0.478 e. The van der Waals surface area contributed by atoms with Crippen molar-refractivity contribution in [3.05, 3.63) is 34.9 Å². The molecule has 5 nitrogen and oxygen atoms in total. The maximum absolute atomic E-state index is 12.0. The van der Waals surface area contributed by atoms with Crippen molar-refractivity contribution in [3.63, 3.8) is 0 Å². The standard InChI is InChI=1S/C14H17NO4/c1-9-4-11(6-12(5-9)14(17)18)13(16)15-7-10-2-3-19-8-10/h4-6,10H,2-3,7-8H2,1H3,(H,15,16)(H,17,18). The van der Waals surface area contributed by atoms with Gasteiger partial charge >= 0.3 is 5.97 Å². The van der Waals surface area contributed by atoms with Gasteiger partial charge in [-0.2, -0.15) is 0 Å². The van der Waals surface area contributed by atoms with Crippen LogP contribution in [0.5, 0.6) is 0 Å². The average Bonchev–Trinajstić information content (AvgIpc) is 2.88. The number of carboxylic acids is 1. The topological polar surface area (TPSA) is 75.6 Å². The van der Waals surface area contributed by atoms with Crippen molar-refractivity contribution in [1.29, 1.82) is 0 Å². The average molecular weight is 263 g/mol. The molecule has 2 rings (SSSR count). The minimum absolute atomic E-state index is 0.134. The molecule has 0 aromatic heterocycles. The van der Waals surface area contributed by atoms with E-state index < -0.39 is 5.97 Å². The summed E-state index contributed by atoms with van der Waals surface area (Å²) in [4.78, 5) is 22.9. The maximum atomic E-state index is 12.0. The van der Waals surface area contributed by atoms with Crippen LogP contribution in [0.3, 0.4) is 0 Å². The van der Waals surface area contributed by atoms with Crippen LogP contribution in [-0.2, 0) is 4.74 Å². The molecule has 1 heterocycles. The molecule has 1 atom stereocenters. The van der Waals surface area contributed by atoms with Crippen LogP contribution in [-0.4, -0.2) is 36.7 Å². The summed E-state index contributed by atoms with van der Waals surface area (Å²) < 4.78 is 5.24. The van der Waals surface area contributed by atoms with E-state index in [0.717, 1.165) is 18.6 Å². The van der Waals surface area contributed by atoms with Crippen molar-refractivity contribution in [1.82, 2.24) is 5.32 Å². The monoisotopic (exact) mass is 263 g/mol. The van der Waals surface area contributed by atoms with Gasteiger partial charge in [0.1, 0.15) is 0 Å². The highest BCUT2D eigenvalue weighted by Crippen LogP contribution is 2.12. The Morgan fingerprint density at radius 1 is 1.37 bits per heavy atom. The van der Waals surface area contributed by atoms with Crippen molar-refractivity contribution < 1.29 is 19.4 Å². The fraction of sp³-hybridized carbons (Fsp3) is 0.429. The minimum Gasteiger partial charge on any atom is -0.478 e. The predicted octanol–water partition coefficient (Wildman–Crippen LogP) is 1.46. The van der Waals surface area contributed by atoms with Gasteiger partial charge < -0.3 is 15.2 Å². The lowest BCUT2D eigenvalue weighted by atomic mass is 10.1. The lowest BCUT2D eigenvalue weighted by molar-refractivity contribution is 0.0696. The quantitative estimate of drug-likeness (QED) is 0.862. The Balaban J connectivity index is 2.03. The first kappa shape index (κ1) is 13.5. The van der Waals surface area contributed by atoms with Crippen molar-refractivity contribution in [2.75, 3.05) is 19.8 Å². The normalized spacial score (nSPS) is 18.3. The Hall–Kier alpha value is -1.88. The molecule has 102 valence electrons. The lowest BCUT2D eigenvalue weighted by Crippen LogP contribution is -2.29. The van der Waals surface area contributed by atoms with E-state index in [1.165, 1.54) is 6.07 Å². The van der Waals surface area contributed by atoms with Crippen LogP contribution in [0, 0.1) is 12.8 Å². The number of carboxylic acid groups (broad SMARTS) is 1. The number of carbonyl (C=O) groups excluding carboxylic acids is 1. The van der Waals surface area contributed by atoms with E-state index in [4.69, 9.17) is 9.84 Å². The number of hydrogen-bond donors (Lipinski definition) is 2. The third-order valence-electron chi connectivity index (χ3n) is 3.16. The molecule has 1 saturated heterocycles. The number of carbonyl (C=O) groups is 2. The summed E-state index contributed by atoms with van der Waals surface area (Å²) in [6.45, 7) is 3.76. The molecule has 0 saturated carbocycles. The van der Waals surface area contributed by atoms with Crippen LogP contribution in [0.2, 0.25) is 0 Å². The van der Waals surface area contributed by atoms with Crippen molar-refractivity contribution in [2.24, 2.45) is 5.92 Å². The first-order valence-electron chi connectivity index (χ1n) is 6.27. The van der Waals surface area contributed by atoms with Gasteiger partial charge in [-0.15, -0.1) is 0 Å². The second kappa shape index (κ2) is 5.84. The molecule has 1 amide bonds. The maximum Gasteiger partial charge on any atom is 0.335 e. The second-order valence-corrected chi connectivity index (χ2v) is 4.83. The number of benzene rings is 1. The number of nitrogens with one attached hydrogen (secondary N) is 1. The van der Waals surface area contributed by atoms with Gasteiger partial charge in [-0.25, -0.2) is 4.79 Å². The first-order chi connectivity index (χ1) is 9.06. The van der Waals surface area contributed by atoms with E-state index in [1.807, 2.05) is 0 Å². The molecule has 2 N–H and O–H groups in total. The molecule has 0 spiro atoms. The van der Waals surface area contributed by atoms with Gasteiger partial charge in [-0.05, 0) is 37.1 Å². The number of aryl methyl sites for hydroxylation is 1. The molecule has 1 aromatic rings. The number of ether oxygens (including phenoxy) is 1. The van der Waals surface area contributed by atoms with Gasteiger partial charge in [0.2, 0.25) is 0 Å². The van der Waals surface area contributed by atoms with Crippen LogP contribution in [0.15, 0.2) is 18.2 Å². The van der Waals surface area contributed by atoms with Crippen molar-refractivity contribution >= 4 is 11.9 Å². The van der Waals surface area contributed by atoms with Crippen LogP contribution < -0.4 is 5.32 Å². The lowest BCUT2D eigenvalue weighted by Gasteiger charge is -2.10. The van der Waals surface area contributed by atoms with Crippen LogP contribution >= 0.6 is 0 Å². The molecule has 19 heavy (non-hydrogen) atoms. The van der Waals surface area contributed by atoms with Crippen LogP contribution in [0.25, 0.3) is 0 Å². The molecule has 0 radical (unpaired) electrons. The second-order valence-electron chi connectivity index (χ2n) is 4.83. The summed E-state index contributed by atoms with van der Waals surface area (Å²) in [5.41, 5.74) is 1.28. The molecule has 5 heteroatoms. The van der Waals surface area contributed by atoms with E-state index >= 15 is 0 Å². The highest BCUT2D eigenvalue weighted by molar-refractivity contribution is 5.97. The van der Waals surface area contributed by atoms with Crippen molar-refractivity contribution in [2.45, 2.75) is 13.3 Å². The molecule has 1 aliphatic heterocycles. The third-order valence-corrected chi connectivity index (χ3v) is 3.16. The highest BCUT2D eigenvalue weighted by Gasteiger charge is 2.17. The summed E-state index contributed by atoms with van der Waals surface area (Å²) in [7, 11) is 0. The zero-order valence-electron chi connectivity index (χ0n) is 10.8. The first-order valence-corrected chi connectivity index (χ1v) is 6.27. The van der Waals surface area contributed by atoms with Crippen molar-refractivity contribution in [3.8, 4) is 0 Å². The molecule has 1 aromatic carbocycles. The summed E-state index contributed by atoms with van der Waals surface area (Å²) in [5, 5.41) is 11.8. The minimum atomic E-state index is -1.03. The fourth-order valence-corrected chi connectivity index (χ4v) is 2.12. The zero-order valence-corrected chi connectivity index (χ0v) is 10.8. The van der Waals surface area contributed by atoms with Crippen LogP contribution in [0.4, 0.5) is 0 Å². The van der Waals surface area contributed by atoms with Gasteiger partial charge in [0.05, 0.1) is 12.2 Å². The Kier molecular flexibility index (Phi) is 4.16. The predicted molar refractivity (Wildman–Crippen MR) is 69.4 cm³/mol. The molecule has 0 aliphatic carbocycles. The number of aromatic carboxylic acids is 1. The molecule has 1 aliphatic rings. The SMILES string of the molecule is Cc1cc(C(=O)O)cc(C(=O)NCC2CCOC2)c1. The summed E-state index contributed by atoms with van der Waals surface area (Å²) >= 11 is 0. The summed E-state index contributed by atoms with van der Waals surface area (Å²) in [5.74, 6) is -0.909. The molecule has 1 fully saturated rings. The number of amides is 1. The Morgan fingerprint density at radius 3 is 2.74 bits per heavy atom. The fourth-order valence-electron chi connectivity index (χ4n) is 2.12. The van der Waals surface area contributed by atoms with Crippen LogP contribution in [0.1, 0.15) is 32.7 Å².